The van der Waals surface area contributed by atoms with Crippen molar-refractivity contribution in [1.29, 1.82) is 0 Å². The van der Waals surface area contributed by atoms with Crippen LogP contribution in [0.3, 0.4) is 0 Å². The predicted octanol–water partition coefficient (Wildman–Crippen LogP) is 3.59. The van der Waals surface area contributed by atoms with Gasteiger partial charge in [-0.05, 0) is 37.5 Å². The van der Waals surface area contributed by atoms with Gasteiger partial charge < -0.3 is 10.4 Å². The molecule has 1 aliphatic rings. The Morgan fingerprint density at radius 1 is 1.20 bits per heavy atom. The van der Waals surface area contributed by atoms with Gasteiger partial charge in [-0.15, -0.1) is 0 Å². The number of hydrogen-bond donors (Lipinski definition) is 2. The van der Waals surface area contributed by atoms with E-state index in [0.29, 0.717) is 25.7 Å². The Kier molecular flexibility index (Phi) is 5.46. The topological polar surface area (TPSA) is 49.3 Å². The number of alkyl halides is 3. The molecule has 0 aromatic heterocycles. The number of carboxylic acid groups (broad SMARTS) is 1. The van der Waals surface area contributed by atoms with Crippen LogP contribution in [0, 0.1) is 11.3 Å². The third-order valence-corrected chi connectivity index (χ3v) is 3.72. The number of nitrogens with one attached hydrogen (secondary N) is 1. The number of carbonyl (C=O) groups is 1. The Morgan fingerprint density at radius 2 is 1.70 bits per heavy atom. The summed E-state index contributed by atoms with van der Waals surface area (Å²) in [6.07, 6.45) is -2.35. The van der Waals surface area contributed by atoms with E-state index < -0.39 is 29.5 Å². The summed E-state index contributed by atoms with van der Waals surface area (Å²) in [6, 6.07) is -1.76. The zero-order valence-electron chi connectivity index (χ0n) is 12.3. The number of aliphatic carboxylic acids is 1. The first-order valence-corrected chi connectivity index (χ1v) is 7.04. The van der Waals surface area contributed by atoms with E-state index in [4.69, 9.17) is 5.11 Å². The van der Waals surface area contributed by atoms with E-state index in [1.807, 2.05) is 0 Å². The first kappa shape index (κ1) is 17.3. The molecule has 0 heterocycles. The Morgan fingerprint density at radius 3 is 2.05 bits per heavy atom. The molecular formula is C14H24F3NO2. The fraction of sp³-hybridized carbons (Fsp3) is 0.929. The van der Waals surface area contributed by atoms with E-state index in [9.17, 15) is 18.0 Å². The highest BCUT2D eigenvalue weighted by molar-refractivity contribution is 5.70. The molecule has 0 spiro atoms. The van der Waals surface area contributed by atoms with Crippen molar-refractivity contribution in [3.05, 3.63) is 0 Å². The summed E-state index contributed by atoms with van der Waals surface area (Å²) in [4.78, 5) is 10.8. The highest BCUT2D eigenvalue weighted by Crippen LogP contribution is 2.33. The van der Waals surface area contributed by atoms with E-state index in [-0.39, 0.29) is 12.5 Å². The second-order valence-electron chi connectivity index (χ2n) is 6.91. The molecule has 6 heteroatoms. The van der Waals surface area contributed by atoms with Crippen molar-refractivity contribution in [3.8, 4) is 0 Å². The summed E-state index contributed by atoms with van der Waals surface area (Å²) in [6.45, 7) is 5.36. The second-order valence-corrected chi connectivity index (χ2v) is 6.91. The fourth-order valence-electron chi connectivity index (χ4n) is 2.67. The molecule has 0 radical (unpaired) electrons. The molecule has 1 atom stereocenters. The number of carboxylic acids is 1. The SMILES string of the molecule is CC(C)(C)CC(NC1CCC(C(=O)O)CC1)C(F)(F)F. The molecule has 2 N–H and O–H groups in total. The van der Waals surface area contributed by atoms with Crippen LogP contribution >= 0.6 is 0 Å². The van der Waals surface area contributed by atoms with Crippen molar-refractivity contribution in [3.63, 3.8) is 0 Å². The van der Waals surface area contributed by atoms with E-state index in [2.05, 4.69) is 5.32 Å². The molecule has 3 nitrogen and oxygen atoms in total. The third-order valence-electron chi connectivity index (χ3n) is 3.72. The Labute approximate surface area is 117 Å². The normalized spacial score (nSPS) is 26.3. The molecule has 1 aliphatic carbocycles. The number of halogens is 3. The van der Waals surface area contributed by atoms with Gasteiger partial charge in [-0.2, -0.15) is 13.2 Å². The van der Waals surface area contributed by atoms with E-state index in [1.165, 1.54) is 0 Å². The van der Waals surface area contributed by atoms with E-state index >= 15 is 0 Å². The molecule has 0 saturated heterocycles. The van der Waals surface area contributed by atoms with Gasteiger partial charge in [0, 0.05) is 6.04 Å². The highest BCUT2D eigenvalue weighted by atomic mass is 19.4. The largest absolute Gasteiger partial charge is 0.481 e. The van der Waals surface area contributed by atoms with Gasteiger partial charge in [0.1, 0.15) is 6.04 Å². The Hall–Kier alpha value is -0.780. The van der Waals surface area contributed by atoms with Gasteiger partial charge in [-0.25, -0.2) is 0 Å². The number of hydrogen-bond acceptors (Lipinski definition) is 2. The van der Waals surface area contributed by atoms with Gasteiger partial charge in [0.05, 0.1) is 5.92 Å². The zero-order valence-corrected chi connectivity index (χ0v) is 12.3. The van der Waals surface area contributed by atoms with Crippen molar-refractivity contribution >= 4 is 5.97 Å². The Bertz CT molecular complexity index is 328. The lowest BCUT2D eigenvalue weighted by Crippen LogP contribution is -2.50. The van der Waals surface area contributed by atoms with Crippen LogP contribution in [-0.2, 0) is 4.79 Å². The maximum atomic E-state index is 13.1. The average Bonchev–Trinajstić information content (AvgIpc) is 2.25. The van der Waals surface area contributed by atoms with Crippen molar-refractivity contribution < 1.29 is 23.1 Å². The lowest BCUT2D eigenvalue weighted by Gasteiger charge is -2.34. The third kappa shape index (κ3) is 5.69. The first-order valence-electron chi connectivity index (χ1n) is 7.04. The van der Waals surface area contributed by atoms with Gasteiger partial charge in [0.2, 0.25) is 0 Å². The van der Waals surface area contributed by atoms with E-state index in [0.717, 1.165) is 0 Å². The van der Waals surface area contributed by atoms with Crippen LogP contribution in [0.5, 0.6) is 0 Å². The molecule has 0 aromatic carbocycles. The maximum Gasteiger partial charge on any atom is 0.403 e. The van der Waals surface area contributed by atoms with Crippen LogP contribution < -0.4 is 5.32 Å². The van der Waals surface area contributed by atoms with Crippen LogP contribution in [0.15, 0.2) is 0 Å². The summed E-state index contributed by atoms with van der Waals surface area (Å²) >= 11 is 0. The maximum absolute atomic E-state index is 13.1. The van der Waals surface area contributed by atoms with E-state index in [1.54, 1.807) is 20.8 Å². The van der Waals surface area contributed by atoms with Gasteiger partial charge >= 0.3 is 12.1 Å². The van der Waals surface area contributed by atoms with Gasteiger partial charge in [0.15, 0.2) is 0 Å². The lowest BCUT2D eigenvalue weighted by atomic mass is 9.84. The fourth-order valence-corrected chi connectivity index (χ4v) is 2.67. The molecule has 0 aliphatic heterocycles. The minimum atomic E-state index is -4.27. The Balaban J connectivity index is 2.57. The quantitative estimate of drug-likeness (QED) is 0.833. The van der Waals surface area contributed by atoms with Crippen molar-refractivity contribution in [2.45, 2.75) is 71.1 Å². The van der Waals surface area contributed by atoms with Gasteiger partial charge in [-0.3, -0.25) is 4.79 Å². The standard InChI is InChI=1S/C14H24F3NO2/c1-13(2,3)8-11(14(15,16)17)18-10-6-4-9(5-7-10)12(19)20/h9-11,18H,4-8H2,1-3H3,(H,19,20). The summed E-state index contributed by atoms with van der Waals surface area (Å²) in [5, 5.41) is 11.6. The minimum absolute atomic E-state index is 0.0232. The van der Waals surface area contributed by atoms with Crippen LogP contribution in [0.4, 0.5) is 13.2 Å². The van der Waals surface area contributed by atoms with Crippen LogP contribution in [0.1, 0.15) is 52.9 Å². The summed E-state index contributed by atoms with van der Waals surface area (Å²) in [5.74, 6) is -1.24. The summed E-state index contributed by atoms with van der Waals surface area (Å²) in [7, 11) is 0. The predicted molar refractivity (Wildman–Crippen MR) is 70.4 cm³/mol. The van der Waals surface area contributed by atoms with Crippen LogP contribution in [0.25, 0.3) is 0 Å². The van der Waals surface area contributed by atoms with Gasteiger partial charge in [0.25, 0.3) is 0 Å². The first-order chi connectivity index (χ1) is 8.99. The molecule has 1 saturated carbocycles. The number of rotatable bonds is 4. The minimum Gasteiger partial charge on any atom is -0.481 e. The van der Waals surface area contributed by atoms with Gasteiger partial charge in [-0.1, -0.05) is 20.8 Å². The molecule has 1 rings (SSSR count). The average molecular weight is 295 g/mol. The van der Waals surface area contributed by atoms with Crippen LogP contribution in [0.2, 0.25) is 0 Å². The van der Waals surface area contributed by atoms with Crippen molar-refractivity contribution in [2.24, 2.45) is 11.3 Å². The molecule has 1 unspecified atom stereocenters. The summed E-state index contributed by atoms with van der Waals surface area (Å²) < 4.78 is 39.2. The van der Waals surface area contributed by atoms with Crippen molar-refractivity contribution in [2.75, 3.05) is 0 Å². The molecule has 0 amide bonds. The van der Waals surface area contributed by atoms with Crippen LogP contribution in [-0.4, -0.2) is 29.3 Å². The smallest absolute Gasteiger partial charge is 0.403 e. The summed E-state index contributed by atoms with van der Waals surface area (Å²) in [5.41, 5.74) is -0.411. The molecule has 0 aromatic rings. The highest BCUT2D eigenvalue weighted by Gasteiger charge is 2.43. The second kappa shape index (κ2) is 6.33. The lowest BCUT2D eigenvalue weighted by molar-refractivity contribution is -0.165. The molecule has 118 valence electrons. The monoisotopic (exact) mass is 295 g/mol. The molecular weight excluding hydrogens is 271 g/mol. The molecule has 20 heavy (non-hydrogen) atoms. The molecule has 1 fully saturated rings. The molecule has 0 bridgehead atoms. The zero-order chi connectivity index (χ0) is 15.6. The van der Waals surface area contributed by atoms with Crippen molar-refractivity contribution in [1.82, 2.24) is 5.32 Å².